The van der Waals surface area contributed by atoms with E-state index >= 15 is 0 Å². The molecule has 0 radical (unpaired) electrons. The predicted molar refractivity (Wildman–Crippen MR) is 66.8 cm³/mol. The van der Waals surface area contributed by atoms with E-state index in [1.807, 2.05) is 0 Å². The number of hydrogen-bond acceptors (Lipinski definition) is 7. The molecule has 0 aromatic carbocycles. The lowest BCUT2D eigenvalue weighted by Crippen LogP contribution is -2.23. The molecule has 0 bridgehead atoms. The molecule has 0 spiro atoms. The van der Waals surface area contributed by atoms with Crippen LogP contribution in [-0.2, 0) is 16.1 Å². The van der Waals surface area contributed by atoms with Gasteiger partial charge in [-0.25, -0.2) is 4.98 Å². The van der Waals surface area contributed by atoms with Crippen molar-refractivity contribution in [2.45, 2.75) is 32.2 Å². The number of rotatable bonds is 6. The quantitative estimate of drug-likeness (QED) is 0.513. The largest absolute Gasteiger partial charge is 0.466 e. The van der Waals surface area contributed by atoms with E-state index in [1.165, 1.54) is 12.3 Å². The van der Waals surface area contributed by atoms with E-state index in [0.717, 1.165) is 0 Å². The number of aliphatic hydroxyl groups excluding tert-OH is 3. The van der Waals surface area contributed by atoms with E-state index < -0.39 is 18.2 Å². The minimum absolute atomic E-state index is 0.151. The number of pyridine rings is 1. The maximum absolute atomic E-state index is 11.2. The molecular formula is C12H18N2O5. The molecule has 2 unspecified atom stereocenters. The number of nitrogens with zero attached hydrogens (tertiary/aromatic N) is 1. The number of aromatic nitrogens is 1. The van der Waals surface area contributed by atoms with Crippen LogP contribution in [0.4, 0.5) is 5.82 Å². The zero-order chi connectivity index (χ0) is 14.4. The van der Waals surface area contributed by atoms with Crippen LogP contribution >= 0.6 is 0 Å². The molecule has 1 rings (SSSR count). The summed E-state index contributed by atoms with van der Waals surface area (Å²) in [5.74, 6) is -0.446. The predicted octanol–water partition coefficient (Wildman–Crippen LogP) is -0.496. The van der Waals surface area contributed by atoms with Gasteiger partial charge in [0, 0.05) is 17.3 Å². The number of hydrogen-bond donors (Lipinski definition) is 4. The van der Waals surface area contributed by atoms with Crippen LogP contribution in [0, 0.1) is 0 Å². The maximum Gasteiger partial charge on any atom is 0.308 e. The molecule has 1 heterocycles. The zero-order valence-corrected chi connectivity index (χ0v) is 10.6. The molecule has 1 aromatic rings. The van der Waals surface area contributed by atoms with Crippen molar-refractivity contribution in [3.05, 3.63) is 23.4 Å². The van der Waals surface area contributed by atoms with Crippen molar-refractivity contribution in [3.8, 4) is 0 Å². The van der Waals surface area contributed by atoms with Gasteiger partial charge < -0.3 is 25.8 Å². The fraction of sp³-hybridized carbons (Fsp3) is 0.500. The van der Waals surface area contributed by atoms with E-state index in [1.54, 1.807) is 6.92 Å². The molecule has 19 heavy (non-hydrogen) atoms. The summed E-state index contributed by atoms with van der Waals surface area (Å²) in [4.78, 5) is 15.0. The summed E-state index contributed by atoms with van der Waals surface area (Å²) in [7, 11) is 0. The second-order valence-electron chi connectivity index (χ2n) is 3.99. The van der Waals surface area contributed by atoms with Crippen molar-refractivity contribution in [1.82, 2.24) is 4.98 Å². The Bertz CT molecular complexity index is 438. The summed E-state index contributed by atoms with van der Waals surface area (Å²) >= 11 is 0. The molecule has 0 aliphatic rings. The first-order valence-corrected chi connectivity index (χ1v) is 5.86. The Balaban J connectivity index is 2.76. The van der Waals surface area contributed by atoms with Crippen molar-refractivity contribution in [3.63, 3.8) is 0 Å². The molecule has 0 fully saturated rings. The summed E-state index contributed by atoms with van der Waals surface area (Å²) in [6.45, 7) is 1.53. The van der Waals surface area contributed by atoms with Crippen LogP contribution in [0.1, 0.15) is 30.6 Å². The van der Waals surface area contributed by atoms with Gasteiger partial charge in [-0.2, -0.15) is 0 Å². The SMILES string of the molecule is CCOC(=O)CC(O)C(O)c1cnc(N)c(CO)c1. The average Bonchev–Trinajstić information content (AvgIpc) is 2.38. The van der Waals surface area contributed by atoms with Gasteiger partial charge in [0.25, 0.3) is 0 Å². The third-order valence-electron chi connectivity index (χ3n) is 2.58. The topological polar surface area (TPSA) is 126 Å². The average molecular weight is 270 g/mol. The molecule has 1 aromatic heterocycles. The van der Waals surface area contributed by atoms with E-state index in [2.05, 4.69) is 9.72 Å². The lowest BCUT2D eigenvalue weighted by atomic mass is 10.0. The van der Waals surface area contributed by atoms with Crippen molar-refractivity contribution in [1.29, 1.82) is 0 Å². The first-order valence-electron chi connectivity index (χ1n) is 5.86. The van der Waals surface area contributed by atoms with Crippen molar-refractivity contribution >= 4 is 11.8 Å². The maximum atomic E-state index is 11.2. The fourth-order valence-electron chi connectivity index (χ4n) is 1.55. The Labute approximate surface area is 110 Å². The number of nitrogen functional groups attached to an aromatic ring is 1. The number of carbonyl (C=O) groups is 1. The first-order chi connectivity index (χ1) is 8.99. The number of nitrogens with two attached hydrogens (primary N) is 1. The second-order valence-corrected chi connectivity index (χ2v) is 3.99. The summed E-state index contributed by atoms with van der Waals surface area (Å²) in [5, 5.41) is 28.7. The number of anilines is 1. The van der Waals surface area contributed by atoms with E-state index in [0.29, 0.717) is 5.56 Å². The summed E-state index contributed by atoms with van der Waals surface area (Å²) < 4.78 is 4.68. The molecule has 0 saturated carbocycles. The third-order valence-corrected chi connectivity index (χ3v) is 2.58. The molecule has 2 atom stereocenters. The zero-order valence-electron chi connectivity index (χ0n) is 10.6. The summed E-state index contributed by atoms with van der Waals surface area (Å²) in [5.41, 5.74) is 6.13. The molecule has 0 amide bonds. The van der Waals surface area contributed by atoms with E-state index in [9.17, 15) is 15.0 Å². The van der Waals surface area contributed by atoms with Gasteiger partial charge in [0.15, 0.2) is 0 Å². The van der Waals surface area contributed by atoms with Gasteiger partial charge in [-0.1, -0.05) is 0 Å². The van der Waals surface area contributed by atoms with Crippen LogP contribution in [0.2, 0.25) is 0 Å². The van der Waals surface area contributed by atoms with Crippen molar-refractivity contribution in [2.24, 2.45) is 0 Å². The van der Waals surface area contributed by atoms with Crippen molar-refractivity contribution < 1.29 is 24.9 Å². The van der Waals surface area contributed by atoms with E-state index in [4.69, 9.17) is 10.8 Å². The summed E-state index contributed by atoms with van der Waals surface area (Å²) in [6, 6.07) is 1.43. The van der Waals surface area contributed by atoms with Crippen LogP contribution in [0.3, 0.4) is 0 Å². The van der Waals surface area contributed by atoms with Crippen LogP contribution in [0.25, 0.3) is 0 Å². The smallest absolute Gasteiger partial charge is 0.308 e. The Morgan fingerprint density at radius 2 is 2.21 bits per heavy atom. The minimum Gasteiger partial charge on any atom is -0.466 e. The monoisotopic (exact) mass is 270 g/mol. The highest BCUT2D eigenvalue weighted by molar-refractivity contribution is 5.70. The van der Waals surface area contributed by atoms with Gasteiger partial charge in [-0.05, 0) is 13.0 Å². The number of aliphatic hydroxyl groups is 3. The second kappa shape index (κ2) is 7.03. The standard InChI is InChI=1S/C12H18N2O5/c1-2-19-10(17)4-9(16)11(18)7-3-8(6-15)12(13)14-5-7/h3,5,9,11,15-16,18H,2,4,6H2,1H3,(H2,13,14). The van der Waals surface area contributed by atoms with Gasteiger partial charge in [0.05, 0.1) is 25.7 Å². The van der Waals surface area contributed by atoms with Crippen molar-refractivity contribution in [2.75, 3.05) is 12.3 Å². The minimum atomic E-state index is -1.31. The van der Waals surface area contributed by atoms with Crippen LogP contribution in [0.15, 0.2) is 12.3 Å². The Morgan fingerprint density at radius 3 is 2.79 bits per heavy atom. The molecule has 5 N–H and O–H groups in total. The Hall–Kier alpha value is -1.70. The molecule has 0 saturated heterocycles. The molecule has 0 aliphatic heterocycles. The lowest BCUT2D eigenvalue weighted by Gasteiger charge is -2.18. The van der Waals surface area contributed by atoms with Gasteiger partial charge in [-0.3, -0.25) is 4.79 Å². The Morgan fingerprint density at radius 1 is 1.53 bits per heavy atom. The molecular weight excluding hydrogens is 252 g/mol. The Kier molecular flexibility index (Phi) is 5.68. The third kappa shape index (κ3) is 4.16. The van der Waals surface area contributed by atoms with Crippen LogP contribution in [0.5, 0.6) is 0 Å². The molecule has 7 nitrogen and oxygen atoms in total. The van der Waals surface area contributed by atoms with Gasteiger partial charge in [0.2, 0.25) is 0 Å². The highest BCUT2D eigenvalue weighted by atomic mass is 16.5. The van der Waals surface area contributed by atoms with Gasteiger partial charge in [0.1, 0.15) is 11.9 Å². The van der Waals surface area contributed by atoms with E-state index in [-0.39, 0.29) is 31.0 Å². The first kappa shape index (κ1) is 15.4. The van der Waals surface area contributed by atoms with Crippen LogP contribution in [-0.4, -0.2) is 39.0 Å². The van der Waals surface area contributed by atoms with Gasteiger partial charge >= 0.3 is 5.97 Å². The number of ether oxygens (including phenoxy) is 1. The van der Waals surface area contributed by atoms with Crippen LogP contribution < -0.4 is 5.73 Å². The number of esters is 1. The fourth-order valence-corrected chi connectivity index (χ4v) is 1.55. The normalized spacial score (nSPS) is 13.9. The summed E-state index contributed by atoms with van der Waals surface area (Å²) in [6.07, 6.45) is -1.65. The number of carbonyl (C=O) groups excluding carboxylic acids is 1. The highest BCUT2D eigenvalue weighted by Gasteiger charge is 2.23. The lowest BCUT2D eigenvalue weighted by molar-refractivity contribution is -0.147. The molecule has 7 heteroatoms. The van der Waals surface area contributed by atoms with Gasteiger partial charge in [-0.15, -0.1) is 0 Å². The molecule has 106 valence electrons. The highest BCUT2D eigenvalue weighted by Crippen LogP contribution is 2.21. The molecule has 0 aliphatic carbocycles.